The normalized spacial score (nSPS) is 11.1. The molecule has 0 fully saturated rings. The number of benzene rings is 1. The summed E-state index contributed by atoms with van der Waals surface area (Å²) in [7, 11) is 2.83. The van der Waals surface area contributed by atoms with Crippen LogP contribution in [0.2, 0.25) is 0 Å². The number of oxime groups is 1. The summed E-state index contributed by atoms with van der Waals surface area (Å²) in [6.07, 6.45) is 0.209. The van der Waals surface area contributed by atoms with Gasteiger partial charge < -0.3 is 9.57 Å². The summed E-state index contributed by atoms with van der Waals surface area (Å²) < 4.78 is 5.17. The van der Waals surface area contributed by atoms with Gasteiger partial charge in [-0.05, 0) is 21.5 Å². The van der Waals surface area contributed by atoms with Crippen LogP contribution in [-0.2, 0) is 20.8 Å². The molecule has 0 heterocycles. The Balaban J connectivity index is 3.00. The molecule has 0 amide bonds. The van der Waals surface area contributed by atoms with Gasteiger partial charge >= 0.3 is 5.97 Å². The highest BCUT2D eigenvalue weighted by molar-refractivity contribution is 9.18. The van der Waals surface area contributed by atoms with Crippen LogP contribution in [0.3, 0.4) is 0 Å². The van der Waals surface area contributed by atoms with Gasteiger partial charge in [-0.2, -0.15) is 0 Å². The van der Waals surface area contributed by atoms with E-state index in [1.165, 1.54) is 14.2 Å². The van der Waals surface area contributed by atoms with Gasteiger partial charge in [-0.25, -0.2) is 0 Å². The Morgan fingerprint density at radius 1 is 1.38 bits per heavy atom. The van der Waals surface area contributed by atoms with Gasteiger partial charge in [0.2, 0.25) is 0 Å². The van der Waals surface area contributed by atoms with Gasteiger partial charge in [0.25, 0.3) is 0 Å². The van der Waals surface area contributed by atoms with Crippen molar-refractivity contribution in [3.63, 3.8) is 0 Å². The number of nitrogens with zero attached hydrogens (tertiary/aromatic N) is 1. The molecule has 0 N–H and O–H groups in total. The van der Waals surface area contributed by atoms with Crippen LogP contribution in [0.4, 0.5) is 0 Å². The van der Waals surface area contributed by atoms with Crippen molar-refractivity contribution < 1.29 is 14.4 Å². The fourth-order valence-electron chi connectivity index (χ4n) is 1.23. The van der Waals surface area contributed by atoms with Crippen molar-refractivity contribution in [1.29, 1.82) is 0 Å². The minimum Gasteiger partial charge on any atom is -0.469 e. The van der Waals surface area contributed by atoms with Gasteiger partial charge in [0.1, 0.15) is 7.11 Å². The Kier molecular flexibility index (Phi) is 4.98. The van der Waals surface area contributed by atoms with E-state index >= 15 is 0 Å². The topological polar surface area (TPSA) is 47.9 Å². The number of halogens is 1. The Morgan fingerprint density at radius 3 is 2.69 bits per heavy atom. The molecule has 1 rings (SSSR count). The first kappa shape index (κ1) is 12.7. The van der Waals surface area contributed by atoms with Crippen LogP contribution in [0.1, 0.15) is 11.1 Å². The summed E-state index contributed by atoms with van der Waals surface area (Å²) in [6, 6.07) is 7.42. The highest BCUT2D eigenvalue weighted by Crippen LogP contribution is 2.15. The van der Waals surface area contributed by atoms with E-state index < -0.39 is 0 Å². The van der Waals surface area contributed by atoms with Crippen LogP contribution < -0.4 is 0 Å². The standard InChI is InChI=1S/C11H12BrNO3/c1-15-10(14)7-8-5-3-4-6-9(8)11(12)13-16-2/h3-6H,7H2,1-2H3/b13-11-. The van der Waals surface area contributed by atoms with E-state index in [1.54, 1.807) is 0 Å². The van der Waals surface area contributed by atoms with Gasteiger partial charge in [-0.1, -0.05) is 29.4 Å². The molecule has 5 heteroatoms. The van der Waals surface area contributed by atoms with Crippen LogP contribution in [0.25, 0.3) is 0 Å². The molecule has 86 valence electrons. The predicted molar refractivity (Wildman–Crippen MR) is 64.6 cm³/mol. The molecule has 0 aromatic heterocycles. The average Bonchev–Trinajstić information content (AvgIpc) is 2.30. The molecule has 0 unspecified atom stereocenters. The Labute approximate surface area is 102 Å². The molecule has 0 aliphatic rings. The van der Waals surface area contributed by atoms with Crippen LogP contribution in [0, 0.1) is 0 Å². The third kappa shape index (κ3) is 3.34. The van der Waals surface area contributed by atoms with E-state index in [-0.39, 0.29) is 12.4 Å². The summed E-state index contributed by atoms with van der Waals surface area (Å²) in [5, 5.41) is 3.77. The van der Waals surface area contributed by atoms with E-state index in [1.807, 2.05) is 24.3 Å². The van der Waals surface area contributed by atoms with E-state index in [0.29, 0.717) is 4.62 Å². The third-order valence-electron chi connectivity index (χ3n) is 1.97. The SMILES string of the molecule is CO/N=C(\Br)c1ccccc1CC(=O)OC. The molecule has 0 atom stereocenters. The highest BCUT2D eigenvalue weighted by atomic mass is 79.9. The lowest BCUT2D eigenvalue weighted by atomic mass is 10.1. The maximum atomic E-state index is 11.2. The molecule has 16 heavy (non-hydrogen) atoms. The monoisotopic (exact) mass is 285 g/mol. The number of esters is 1. The number of carbonyl (C=O) groups is 1. The molecular formula is C11H12BrNO3. The molecular weight excluding hydrogens is 274 g/mol. The number of rotatable bonds is 4. The zero-order valence-electron chi connectivity index (χ0n) is 9.07. The van der Waals surface area contributed by atoms with Crippen molar-refractivity contribution in [2.45, 2.75) is 6.42 Å². The maximum Gasteiger partial charge on any atom is 0.310 e. The second-order valence-electron chi connectivity index (χ2n) is 2.97. The molecule has 0 saturated heterocycles. The van der Waals surface area contributed by atoms with Gasteiger partial charge in [0.15, 0.2) is 4.62 Å². The second-order valence-corrected chi connectivity index (χ2v) is 3.73. The largest absolute Gasteiger partial charge is 0.469 e. The summed E-state index contributed by atoms with van der Waals surface area (Å²) in [5.41, 5.74) is 1.65. The van der Waals surface area contributed by atoms with Crippen LogP contribution in [-0.4, -0.2) is 24.8 Å². The number of ether oxygens (including phenoxy) is 1. The van der Waals surface area contributed by atoms with E-state index in [0.717, 1.165) is 11.1 Å². The zero-order chi connectivity index (χ0) is 12.0. The Hall–Kier alpha value is -1.36. The fraction of sp³-hybridized carbons (Fsp3) is 0.273. The molecule has 0 aliphatic heterocycles. The lowest BCUT2D eigenvalue weighted by Crippen LogP contribution is -2.08. The summed E-state index contributed by atoms with van der Waals surface area (Å²) in [5.74, 6) is -0.287. The lowest BCUT2D eigenvalue weighted by Gasteiger charge is -2.06. The van der Waals surface area contributed by atoms with Gasteiger partial charge in [-0.15, -0.1) is 0 Å². The van der Waals surface area contributed by atoms with E-state index in [4.69, 9.17) is 0 Å². The smallest absolute Gasteiger partial charge is 0.310 e. The van der Waals surface area contributed by atoms with E-state index in [2.05, 4.69) is 30.7 Å². The van der Waals surface area contributed by atoms with Gasteiger partial charge in [0.05, 0.1) is 13.5 Å². The van der Waals surface area contributed by atoms with Crippen molar-refractivity contribution in [2.24, 2.45) is 5.16 Å². The van der Waals surface area contributed by atoms with Gasteiger partial charge in [0, 0.05) is 5.56 Å². The second kappa shape index (κ2) is 6.27. The van der Waals surface area contributed by atoms with Crippen molar-refractivity contribution in [3.8, 4) is 0 Å². The molecule has 0 spiro atoms. The first-order valence-electron chi connectivity index (χ1n) is 4.60. The van der Waals surface area contributed by atoms with Crippen LogP contribution in [0.5, 0.6) is 0 Å². The Bertz CT molecular complexity index is 404. The molecule has 4 nitrogen and oxygen atoms in total. The molecule has 0 radical (unpaired) electrons. The number of hydrogen-bond donors (Lipinski definition) is 0. The molecule has 0 bridgehead atoms. The average molecular weight is 286 g/mol. The minimum atomic E-state index is -0.287. The van der Waals surface area contributed by atoms with Crippen molar-refractivity contribution in [2.75, 3.05) is 14.2 Å². The van der Waals surface area contributed by atoms with E-state index in [9.17, 15) is 4.79 Å². The number of methoxy groups -OCH3 is 1. The van der Waals surface area contributed by atoms with Crippen molar-refractivity contribution in [3.05, 3.63) is 35.4 Å². The lowest BCUT2D eigenvalue weighted by molar-refractivity contribution is -0.139. The molecule has 0 aliphatic carbocycles. The van der Waals surface area contributed by atoms with Crippen molar-refractivity contribution >= 4 is 26.5 Å². The maximum absolute atomic E-state index is 11.2. The van der Waals surface area contributed by atoms with Crippen LogP contribution in [0.15, 0.2) is 29.4 Å². The third-order valence-corrected chi connectivity index (χ3v) is 2.55. The summed E-state index contributed by atoms with van der Waals surface area (Å²) in [4.78, 5) is 15.9. The molecule has 0 saturated carbocycles. The summed E-state index contributed by atoms with van der Waals surface area (Å²) in [6.45, 7) is 0. The molecule has 1 aromatic carbocycles. The van der Waals surface area contributed by atoms with Gasteiger partial charge in [-0.3, -0.25) is 4.79 Å². The first-order chi connectivity index (χ1) is 7.69. The molecule has 1 aromatic rings. The zero-order valence-corrected chi connectivity index (χ0v) is 10.7. The first-order valence-corrected chi connectivity index (χ1v) is 5.40. The minimum absolute atomic E-state index is 0.209. The number of carbonyl (C=O) groups excluding carboxylic acids is 1. The van der Waals surface area contributed by atoms with Crippen molar-refractivity contribution in [1.82, 2.24) is 0 Å². The fourth-order valence-corrected chi connectivity index (χ4v) is 1.76. The Morgan fingerprint density at radius 2 is 2.06 bits per heavy atom. The summed E-state index contributed by atoms with van der Waals surface area (Å²) >= 11 is 3.28. The number of hydrogen-bond acceptors (Lipinski definition) is 4. The quantitative estimate of drug-likeness (QED) is 0.484. The van der Waals surface area contributed by atoms with Crippen LogP contribution >= 0.6 is 15.9 Å². The highest BCUT2D eigenvalue weighted by Gasteiger charge is 2.10. The predicted octanol–water partition coefficient (Wildman–Crippen LogP) is 2.10.